The number of anilines is 1. The van der Waals surface area contributed by atoms with Crippen molar-refractivity contribution in [2.45, 2.75) is 32.4 Å². The van der Waals surface area contributed by atoms with E-state index in [0.29, 0.717) is 13.0 Å². The molecule has 0 bridgehead atoms. The summed E-state index contributed by atoms with van der Waals surface area (Å²) in [6, 6.07) is 24.2. The molecule has 2 atom stereocenters. The van der Waals surface area contributed by atoms with E-state index in [1.807, 2.05) is 74.5 Å². The summed E-state index contributed by atoms with van der Waals surface area (Å²) in [5.41, 5.74) is 4.24. The van der Waals surface area contributed by atoms with Crippen LogP contribution >= 0.6 is 15.9 Å². The molecule has 4 heteroatoms. The Kier molecular flexibility index (Phi) is 7.12. The van der Waals surface area contributed by atoms with Crippen molar-refractivity contribution in [3.05, 3.63) is 94.0 Å². The molecule has 3 aromatic carbocycles. The van der Waals surface area contributed by atoms with Crippen molar-refractivity contribution < 1.29 is 9.84 Å². The molecule has 0 aromatic heterocycles. The van der Waals surface area contributed by atoms with Crippen LogP contribution < -0.4 is 10.1 Å². The van der Waals surface area contributed by atoms with Crippen LogP contribution in [0.25, 0.3) is 0 Å². The van der Waals surface area contributed by atoms with E-state index in [9.17, 15) is 5.11 Å². The van der Waals surface area contributed by atoms with Crippen molar-refractivity contribution >= 4 is 21.6 Å². The van der Waals surface area contributed by atoms with E-state index in [0.717, 1.165) is 27.0 Å². The van der Waals surface area contributed by atoms with E-state index in [4.69, 9.17) is 4.74 Å². The summed E-state index contributed by atoms with van der Waals surface area (Å²) < 4.78 is 6.60. The molecule has 0 heterocycles. The zero-order valence-corrected chi connectivity index (χ0v) is 17.8. The number of nitrogens with one attached hydrogen (secondary N) is 1. The minimum Gasteiger partial charge on any atom is -0.494 e. The molecule has 0 aliphatic heterocycles. The van der Waals surface area contributed by atoms with Gasteiger partial charge >= 0.3 is 0 Å². The maximum absolute atomic E-state index is 10.8. The van der Waals surface area contributed by atoms with Gasteiger partial charge in [-0.15, -0.1) is 0 Å². The van der Waals surface area contributed by atoms with Crippen molar-refractivity contribution in [2.75, 3.05) is 11.9 Å². The number of ether oxygens (including phenoxy) is 1. The number of hydrogen-bond acceptors (Lipinski definition) is 3. The monoisotopic (exact) mass is 439 g/mol. The maximum atomic E-state index is 10.8. The molecule has 0 aliphatic rings. The Morgan fingerprint density at radius 3 is 2.11 bits per heavy atom. The predicted molar refractivity (Wildman–Crippen MR) is 119 cm³/mol. The Labute approximate surface area is 175 Å². The number of rotatable bonds is 8. The fourth-order valence-corrected chi connectivity index (χ4v) is 3.40. The normalized spacial score (nSPS) is 13.0. The van der Waals surface area contributed by atoms with Crippen molar-refractivity contribution in [1.82, 2.24) is 0 Å². The zero-order chi connectivity index (χ0) is 19.9. The fourth-order valence-electron chi connectivity index (χ4n) is 3.14. The van der Waals surface area contributed by atoms with Crippen LogP contribution in [0.4, 0.5) is 5.69 Å². The molecule has 0 saturated carbocycles. The highest BCUT2D eigenvalue weighted by Crippen LogP contribution is 2.31. The fraction of sp³-hybridized carbons (Fsp3) is 0.250. The maximum Gasteiger partial charge on any atom is 0.119 e. The average Bonchev–Trinajstić information content (AvgIpc) is 2.70. The molecule has 3 aromatic rings. The Morgan fingerprint density at radius 2 is 1.50 bits per heavy atom. The molecule has 3 rings (SSSR count). The SMILES string of the molecule is CCOc1ccc(C(CC(O)c2ccc(C)cc2)Nc2ccc(Br)cc2)cc1. The number of halogens is 1. The summed E-state index contributed by atoms with van der Waals surface area (Å²) in [6.45, 7) is 4.67. The number of hydrogen-bond donors (Lipinski definition) is 2. The lowest BCUT2D eigenvalue weighted by Crippen LogP contribution is -2.15. The molecule has 3 nitrogen and oxygen atoms in total. The van der Waals surface area contributed by atoms with Gasteiger partial charge in [0.2, 0.25) is 0 Å². The third-order valence-corrected chi connectivity index (χ3v) is 5.23. The van der Waals surface area contributed by atoms with E-state index >= 15 is 0 Å². The number of benzene rings is 3. The molecular weight excluding hydrogens is 414 g/mol. The Morgan fingerprint density at radius 1 is 0.893 bits per heavy atom. The van der Waals surface area contributed by atoms with Gasteiger partial charge in [-0.1, -0.05) is 57.9 Å². The first kappa shape index (κ1) is 20.4. The third kappa shape index (κ3) is 5.60. The van der Waals surface area contributed by atoms with E-state index in [-0.39, 0.29) is 6.04 Å². The average molecular weight is 440 g/mol. The van der Waals surface area contributed by atoms with Gasteiger partial charge in [0.25, 0.3) is 0 Å². The van der Waals surface area contributed by atoms with Gasteiger partial charge in [-0.05, 0) is 61.4 Å². The van der Waals surface area contributed by atoms with Crippen molar-refractivity contribution in [3.8, 4) is 5.75 Å². The molecule has 146 valence electrons. The van der Waals surface area contributed by atoms with Gasteiger partial charge < -0.3 is 15.2 Å². The largest absolute Gasteiger partial charge is 0.494 e. The van der Waals surface area contributed by atoms with Crippen LogP contribution in [0.5, 0.6) is 5.75 Å². The molecule has 0 fully saturated rings. The summed E-state index contributed by atoms with van der Waals surface area (Å²) in [4.78, 5) is 0. The minimum absolute atomic E-state index is 0.0341. The Hall–Kier alpha value is -2.30. The van der Waals surface area contributed by atoms with Gasteiger partial charge in [-0.25, -0.2) is 0 Å². The van der Waals surface area contributed by atoms with E-state index in [1.54, 1.807) is 0 Å². The molecule has 0 radical (unpaired) electrons. The predicted octanol–water partition coefficient (Wildman–Crippen LogP) is 6.43. The first-order chi connectivity index (χ1) is 13.5. The highest BCUT2D eigenvalue weighted by atomic mass is 79.9. The van der Waals surface area contributed by atoms with Crippen molar-refractivity contribution in [2.24, 2.45) is 0 Å². The molecule has 0 amide bonds. The zero-order valence-electron chi connectivity index (χ0n) is 16.2. The Bertz CT molecular complexity index is 861. The topological polar surface area (TPSA) is 41.5 Å². The van der Waals surface area contributed by atoms with Crippen LogP contribution in [-0.4, -0.2) is 11.7 Å². The quantitative estimate of drug-likeness (QED) is 0.424. The summed E-state index contributed by atoms with van der Waals surface area (Å²) in [7, 11) is 0. The van der Waals surface area contributed by atoms with Crippen LogP contribution in [0.15, 0.2) is 77.3 Å². The van der Waals surface area contributed by atoms with Gasteiger partial charge in [-0.2, -0.15) is 0 Å². The standard InChI is InChI=1S/C24H26BrNO2/c1-3-28-22-14-8-18(9-15-22)23(26-21-12-10-20(25)11-13-21)16-24(27)19-6-4-17(2)5-7-19/h4-15,23-24,26-27H,3,16H2,1-2H3. The van der Waals surface area contributed by atoms with Crippen LogP contribution in [0.2, 0.25) is 0 Å². The second kappa shape index (κ2) is 9.76. The molecule has 0 saturated heterocycles. The lowest BCUT2D eigenvalue weighted by atomic mass is 9.96. The smallest absolute Gasteiger partial charge is 0.119 e. The van der Waals surface area contributed by atoms with Crippen LogP contribution in [0.1, 0.15) is 42.2 Å². The number of aliphatic hydroxyl groups is 1. The molecule has 2 unspecified atom stereocenters. The first-order valence-corrected chi connectivity index (χ1v) is 10.3. The second-order valence-electron chi connectivity index (χ2n) is 6.87. The highest BCUT2D eigenvalue weighted by molar-refractivity contribution is 9.10. The van der Waals surface area contributed by atoms with Crippen LogP contribution in [0, 0.1) is 6.92 Å². The summed E-state index contributed by atoms with van der Waals surface area (Å²) in [5, 5.41) is 14.4. The van der Waals surface area contributed by atoms with Crippen LogP contribution in [-0.2, 0) is 0 Å². The molecule has 2 N–H and O–H groups in total. The van der Waals surface area contributed by atoms with Crippen molar-refractivity contribution in [1.29, 1.82) is 0 Å². The Balaban J connectivity index is 1.82. The summed E-state index contributed by atoms with van der Waals surface area (Å²) >= 11 is 3.47. The number of aryl methyl sites for hydroxylation is 1. The van der Waals surface area contributed by atoms with E-state index in [1.165, 1.54) is 5.56 Å². The second-order valence-corrected chi connectivity index (χ2v) is 7.78. The molecule has 28 heavy (non-hydrogen) atoms. The highest BCUT2D eigenvalue weighted by Gasteiger charge is 2.18. The van der Waals surface area contributed by atoms with Gasteiger partial charge in [0.05, 0.1) is 18.8 Å². The molecule has 0 aliphatic carbocycles. The van der Waals surface area contributed by atoms with E-state index < -0.39 is 6.10 Å². The lowest BCUT2D eigenvalue weighted by molar-refractivity contribution is 0.160. The molecular formula is C24H26BrNO2. The van der Waals surface area contributed by atoms with Gasteiger partial charge in [0.15, 0.2) is 0 Å². The van der Waals surface area contributed by atoms with Crippen LogP contribution in [0.3, 0.4) is 0 Å². The summed E-state index contributed by atoms with van der Waals surface area (Å²) in [6.07, 6.45) is 0.00716. The third-order valence-electron chi connectivity index (χ3n) is 4.70. The number of aliphatic hydroxyl groups excluding tert-OH is 1. The van der Waals surface area contributed by atoms with Crippen molar-refractivity contribution in [3.63, 3.8) is 0 Å². The van der Waals surface area contributed by atoms with Gasteiger partial charge in [0, 0.05) is 16.6 Å². The van der Waals surface area contributed by atoms with Gasteiger partial charge in [-0.3, -0.25) is 0 Å². The van der Waals surface area contributed by atoms with Gasteiger partial charge in [0.1, 0.15) is 5.75 Å². The summed E-state index contributed by atoms with van der Waals surface area (Å²) in [5.74, 6) is 0.854. The van der Waals surface area contributed by atoms with E-state index in [2.05, 4.69) is 33.4 Å². The minimum atomic E-state index is -0.555. The lowest BCUT2D eigenvalue weighted by Gasteiger charge is -2.24. The first-order valence-electron chi connectivity index (χ1n) is 9.54. The molecule has 0 spiro atoms.